The first-order valence-corrected chi connectivity index (χ1v) is 14.9. The molecule has 1 fully saturated rings. The second-order valence-corrected chi connectivity index (χ2v) is 10.7. The van der Waals surface area contributed by atoms with E-state index in [1.165, 1.54) is 6.92 Å². The fourth-order valence-electron chi connectivity index (χ4n) is 4.94. The molecule has 0 radical (unpaired) electrons. The van der Waals surface area contributed by atoms with Crippen LogP contribution in [0.4, 0.5) is 0 Å². The van der Waals surface area contributed by atoms with Gasteiger partial charge in [-0.1, -0.05) is 54.6 Å². The van der Waals surface area contributed by atoms with Gasteiger partial charge >= 0.3 is 29.8 Å². The van der Waals surface area contributed by atoms with Crippen LogP contribution in [0.3, 0.4) is 0 Å². The minimum Gasteiger partial charge on any atom is -0.463 e. The Hall–Kier alpha value is -5.07. The highest BCUT2D eigenvalue weighted by molar-refractivity contribution is 5.91. The lowest BCUT2D eigenvalue weighted by Crippen LogP contribution is -2.63. The summed E-state index contributed by atoms with van der Waals surface area (Å²) in [6, 6.07) is 23.8. The average Bonchev–Trinajstić information content (AvgIpc) is 3.03. The zero-order chi connectivity index (χ0) is 33.9. The Morgan fingerprint density at radius 3 is 1.81 bits per heavy atom. The van der Waals surface area contributed by atoms with Gasteiger partial charge in [-0.3, -0.25) is 19.2 Å². The minimum atomic E-state index is -1.32. The monoisotopic (exact) mass is 648 g/mol. The molecule has 0 amide bonds. The third-order valence-corrected chi connectivity index (χ3v) is 6.98. The van der Waals surface area contributed by atoms with Gasteiger partial charge in [0.2, 0.25) is 0 Å². The van der Waals surface area contributed by atoms with Gasteiger partial charge in [-0.15, -0.1) is 0 Å². The first-order valence-electron chi connectivity index (χ1n) is 14.9. The molecule has 0 bridgehead atoms. The van der Waals surface area contributed by atoms with Gasteiger partial charge in [0.05, 0.1) is 12.2 Å². The zero-order valence-electron chi connectivity index (χ0n) is 26.4. The number of hydrogen-bond donors (Lipinski definition) is 0. The predicted octanol–water partition coefficient (Wildman–Crippen LogP) is 4.22. The smallest absolute Gasteiger partial charge is 0.343 e. The van der Waals surface area contributed by atoms with Gasteiger partial charge in [0.25, 0.3) is 0 Å². The van der Waals surface area contributed by atoms with Gasteiger partial charge < -0.3 is 33.2 Å². The van der Waals surface area contributed by atoms with E-state index < -0.39 is 60.6 Å². The molecule has 248 valence electrons. The van der Waals surface area contributed by atoms with Crippen molar-refractivity contribution in [3.8, 4) is 16.9 Å². The van der Waals surface area contributed by atoms with E-state index in [9.17, 15) is 24.0 Å². The summed E-state index contributed by atoms with van der Waals surface area (Å²) in [5.74, 6) is -2.94. The molecule has 12 nitrogen and oxygen atoms in total. The Morgan fingerprint density at radius 1 is 0.638 bits per heavy atom. The zero-order valence-corrected chi connectivity index (χ0v) is 26.4. The third kappa shape index (κ3) is 10.2. The summed E-state index contributed by atoms with van der Waals surface area (Å²) < 4.78 is 38.7. The molecule has 0 aromatic heterocycles. The van der Waals surface area contributed by atoms with Crippen molar-refractivity contribution in [2.24, 2.45) is 0 Å². The van der Waals surface area contributed by atoms with Crippen LogP contribution < -0.4 is 4.74 Å². The second-order valence-electron chi connectivity index (χ2n) is 10.7. The number of hydrogen-bond acceptors (Lipinski definition) is 12. The van der Waals surface area contributed by atoms with Crippen LogP contribution in [0, 0.1) is 0 Å². The van der Waals surface area contributed by atoms with Crippen molar-refractivity contribution >= 4 is 29.8 Å². The highest BCUT2D eigenvalue weighted by atomic mass is 16.7. The maximum Gasteiger partial charge on any atom is 0.343 e. The first-order chi connectivity index (χ1) is 22.5. The SMILES string of the molecule is CC(=O)OC[C@H]1O[C@@H](OCCc2ccc(OC(=O)c3ccc(-c4ccccc4)cc3)cc2)[C@H](OC(C)=O)[C@@H](OC(C)=O)[C@@H]1OC(C)=O. The van der Waals surface area contributed by atoms with Crippen molar-refractivity contribution in [1.82, 2.24) is 0 Å². The lowest BCUT2D eigenvalue weighted by atomic mass is 9.98. The number of ether oxygens (including phenoxy) is 7. The van der Waals surface area contributed by atoms with Crippen LogP contribution in [-0.2, 0) is 54.0 Å². The van der Waals surface area contributed by atoms with Gasteiger partial charge in [0.1, 0.15) is 18.5 Å². The van der Waals surface area contributed by atoms with E-state index in [1.807, 2.05) is 42.5 Å². The largest absolute Gasteiger partial charge is 0.463 e. The lowest BCUT2D eigenvalue weighted by molar-refractivity contribution is -0.307. The minimum absolute atomic E-state index is 0.0562. The van der Waals surface area contributed by atoms with Crippen LogP contribution in [0.5, 0.6) is 5.75 Å². The van der Waals surface area contributed by atoms with E-state index >= 15 is 0 Å². The Balaban J connectivity index is 1.39. The Kier molecular flexibility index (Phi) is 12.2. The van der Waals surface area contributed by atoms with E-state index in [0.717, 1.165) is 37.5 Å². The first kappa shape index (κ1) is 34.8. The van der Waals surface area contributed by atoms with Crippen molar-refractivity contribution in [1.29, 1.82) is 0 Å². The van der Waals surface area contributed by atoms with Gasteiger partial charge in [0.15, 0.2) is 24.6 Å². The van der Waals surface area contributed by atoms with Crippen molar-refractivity contribution < 1.29 is 57.1 Å². The topological polar surface area (TPSA) is 150 Å². The molecule has 0 saturated carbocycles. The number of rotatable bonds is 12. The van der Waals surface area contributed by atoms with Crippen molar-refractivity contribution in [3.63, 3.8) is 0 Å². The number of carbonyl (C=O) groups excluding carboxylic acids is 5. The fourth-order valence-corrected chi connectivity index (χ4v) is 4.94. The summed E-state index contributed by atoms with van der Waals surface area (Å²) in [6.07, 6.45) is -5.91. The van der Waals surface area contributed by atoms with Crippen molar-refractivity contribution in [3.05, 3.63) is 90.0 Å². The van der Waals surface area contributed by atoms with Crippen molar-refractivity contribution in [2.45, 2.75) is 64.8 Å². The molecule has 1 saturated heterocycles. The molecule has 1 aliphatic rings. The number of carbonyl (C=O) groups is 5. The highest BCUT2D eigenvalue weighted by Gasteiger charge is 2.52. The van der Waals surface area contributed by atoms with E-state index in [1.54, 1.807) is 36.4 Å². The lowest BCUT2D eigenvalue weighted by Gasteiger charge is -2.44. The van der Waals surface area contributed by atoms with E-state index in [4.69, 9.17) is 33.2 Å². The normalized spacial score (nSPS) is 20.4. The summed E-state index contributed by atoms with van der Waals surface area (Å²) in [6.45, 7) is 4.34. The quantitative estimate of drug-likeness (QED) is 0.157. The molecule has 47 heavy (non-hydrogen) atoms. The third-order valence-electron chi connectivity index (χ3n) is 6.98. The molecule has 5 atom stereocenters. The second kappa shape index (κ2) is 16.5. The summed E-state index contributed by atoms with van der Waals surface area (Å²) in [5.41, 5.74) is 3.26. The number of benzene rings is 3. The standard InChI is InChI=1S/C35H36O12/c1-21(36)42-20-30-31(43-22(2)37)32(44-23(3)38)33(45-24(4)39)35(47-30)41-19-18-25-10-16-29(17-11-25)46-34(40)28-14-12-27(13-15-28)26-8-6-5-7-9-26/h5-17,30-33,35H,18-20H2,1-4H3/t30-,31-,32+,33-,35-/m1/s1. The molecule has 3 aromatic carbocycles. The molecule has 4 rings (SSSR count). The molecule has 1 aliphatic heterocycles. The van der Waals surface area contributed by atoms with Crippen LogP contribution in [0.15, 0.2) is 78.9 Å². The van der Waals surface area contributed by atoms with Crippen LogP contribution in [-0.4, -0.2) is 73.8 Å². The predicted molar refractivity (Wildman–Crippen MR) is 165 cm³/mol. The molecule has 0 N–H and O–H groups in total. The summed E-state index contributed by atoms with van der Waals surface area (Å²) in [7, 11) is 0. The van der Waals surface area contributed by atoms with Gasteiger partial charge in [-0.2, -0.15) is 0 Å². The maximum absolute atomic E-state index is 12.7. The Labute approximate surface area is 271 Å². The van der Waals surface area contributed by atoms with Crippen LogP contribution in [0.1, 0.15) is 43.6 Å². The van der Waals surface area contributed by atoms with Gasteiger partial charge in [0, 0.05) is 27.7 Å². The summed E-state index contributed by atoms with van der Waals surface area (Å²) in [4.78, 5) is 60.1. The fraction of sp³-hybridized carbons (Fsp3) is 0.343. The Morgan fingerprint density at radius 2 is 1.21 bits per heavy atom. The molecule has 3 aromatic rings. The molecule has 0 aliphatic carbocycles. The highest BCUT2D eigenvalue weighted by Crippen LogP contribution is 2.30. The molecular weight excluding hydrogens is 612 g/mol. The number of esters is 5. The molecular formula is C35H36O12. The summed E-state index contributed by atoms with van der Waals surface area (Å²) >= 11 is 0. The van der Waals surface area contributed by atoms with Crippen LogP contribution in [0.25, 0.3) is 11.1 Å². The van der Waals surface area contributed by atoms with Gasteiger partial charge in [-0.25, -0.2) is 4.79 Å². The van der Waals surface area contributed by atoms with Crippen LogP contribution in [0.2, 0.25) is 0 Å². The average molecular weight is 649 g/mol. The molecule has 1 heterocycles. The van der Waals surface area contributed by atoms with Crippen LogP contribution >= 0.6 is 0 Å². The van der Waals surface area contributed by atoms with E-state index in [-0.39, 0.29) is 13.2 Å². The molecule has 0 unspecified atom stereocenters. The summed E-state index contributed by atoms with van der Waals surface area (Å²) in [5, 5.41) is 0. The van der Waals surface area contributed by atoms with E-state index in [2.05, 4.69) is 0 Å². The molecule has 12 heteroatoms. The molecule has 0 spiro atoms. The van der Waals surface area contributed by atoms with E-state index in [0.29, 0.717) is 17.7 Å². The van der Waals surface area contributed by atoms with Crippen molar-refractivity contribution in [2.75, 3.05) is 13.2 Å². The van der Waals surface area contributed by atoms with Gasteiger partial charge in [-0.05, 0) is 47.4 Å². The Bertz CT molecular complexity index is 1530. The maximum atomic E-state index is 12.7.